The number of benzene rings is 1. The van der Waals surface area contributed by atoms with Gasteiger partial charge in [0.1, 0.15) is 10.7 Å². The number of rotatable bonds is 8. The molecule has 7 heteroatoms. The summed E-state index contributed by atoms with van der Waals surface area (Å²) in [5.74, 6) is -0.732. The maximum atomic E-state index is 14.0. The molecule has 0 unspecified atom stereocenters. The van der Waals surface area contributed by atoms with Gasteiger partial charge in [-0.2, -0.15) is 4.31 Å². The molecule has 0 aromatic heterocycles. The third-order valence-corrected chi connectivity index (χ3v) is 4.76. The molecule has 0 aliphatic carbocycles. The molecule has 0 aliphatic rings. The van der Waals surface area contributed by atoms with Crippen molar-refractivity contribution in [1.29, 1.82) is 0 Å². The number of hydrogen-bond donors (Lipinski definition) is 1. The van der Waals surface area contributed by atoms with Crippen LogP contribution in [0.25, 0.3) is 0 Å². The van der Waals surface area contributed by atoms with Gasteiger partial charge in [-0.15, -0.1) is 0 Å². The third-order valence-electron chi connectivity index (χ3n) is 2.87. The highest BCUT2D eigenvalue weighted by Crippen LogP contribution is 2.19. The van der Waals surface area contributed by atoms with E-state index in [0.717, 1.165) is 10.8 Å². The van der Waals surface area contributed by atoms with Crippen molar-refractivity contribution in [2.24, 2.45) is 0 Å². The summed E-state index contributed by atoms with van der Waals surface area (Å²) >= 11 is 0. The number of likely N-dealkylation sites (N-methyl/N-ethyl adjacent to an activating group) is 1. The van der Waals surface area contributed by atoms with Crippen molar-refractivity contribution >= 4 is 10.0 Å². The highest BCUT2D eigenvalue weighted by atomic mass is 32.2. The summed E-state index contributed by atoms with van der Waals surface area (Å²) in [6.07, 6.45) is 0. The van der Waals surface area contributed by atoms with Crippen LogP contribution in [0.4, 0.5) is 4.39 Å². The van der Waals surface area contributed by atoms with Gasteiger partial charge in [0.05, 0.1) is 6.61 Å². The highest BCUT2D eigenvalue weighted by molar-refractivity contribution is 7.89. The lowest BCUT2D eigenvalue weighted by Crippen LogP contribution is -2.30. The van der Waals surface area contributed by atoms with Gasteiger partial charge in [-0.1, -0.05) is 13.0 Å². The first-order valence-electron chi connectivity index (χ1n) is 6.38. The molecule has 0 radical (unpaired) electrons. The average Bonchev–Trinajstić information content (AvgIpc) is 2.42. The van der Waals surface area contributed by atoms with Crippen LogP contribution in [0.5, 0.6) is 0 Å². The second-order valence-electron chi connectivity index (χ2n) is 4.36. The van der Waals surface area contributed by atoms with E-state index in [2.05, 4.69) is 5.32 Å². The van der Waals surface area contributed by atoms with E-state index in [9.17, 15) is 12.8 Å². The molecule has 114 valence electrons. The first kappa shape index (κ1) is 17.0. The molecule has 1 aromatic rings. The number of ether oxygens (including phenoxy) is 1. The molecular formula is C13H21FN2O3S. The van der Waals surface area contributed by atoms with Gasteiger partial charge in [0.2, 0.25) is 10.0 Å². The summed E-state index contributed by atoms with van der Waals surface area (Å²) in [6, 6.07) is 4.17. The van der Waals surface area contributed by atoms with Gasteiger partial charge in [-0.25, -0.2) is 12.8 Å². The minimum absolute atomic E-state index is 0.178. The molecule has 0 fully saturated rings. The molecule has 5 nitrogen and oxygen atoms in total. The Kier molecular flexibility index (Phi) is 6.54. The van der Waals surface area contributed by atoms with Crippen LogP contribution in [0.1, 0.15) is 12.5 Å². The number of methoxy groups -OCH3 is 1. The fourth-order valence-corrected chi connectivity index (χ4v) is 2.84. The topological polar surface area (TPSA) is 58.6 Å². The largest absolute Gasteiger partial charge is 0.383 e. The summed E-state index contributed by atoms with van der Waals surface area (Å²) in [5, 5.41) is 3.06. The summed E-state index contributed by atoms with van der Waals surface area (Å²) in [4.78, 5) is -0.309. The van der Waals surface area contributed by atoms with E-state index in [1.165, 1.54) is 26.3 Å². The predicted molar refractivity (Wildman–Crippen MR) is 75.5 cm³/mol. The van der Waals surface area contributed by atoms with E-state index < -0.39 is 15.8 Å². The van der Waals surface area contributed by atoms with Crippen LogP contribution in [0, 0.1) is 5.82 Å². The normalized spacial score (nSPS) is 12.1. The van der Waals surface area contributed by atoms with E-state index in [-0.39, 0.29) is 18.0 Å². The Morgan fingerprint density at radius 2 is 2.10 bits per heavy atom. The minimum Gasteiger partial charge on any atom is -0.383 e. The molecule has 0 bridgehead atoms. The van der Waals surface area contributed by atoms with Crippen molar-refractivity contribution in [2.45, 2.75) is 18.4 Å². The fourth-order valence-electron chi connectivity index (χ4n) is 1.64. The Labute approximate surface area is 119 Å². The quantitative estimate of drug-likeness (QED) is 0.784. The monoisotopic (exact) mass is 304 g/mol. The molecule has 20 heavy (non-hydrogen) atoms. The van der Waals surface area contributed by atoms with Gasteiger partial charge in [-0.05, 0) is 24.2 Å². The second-order valence-corrected chi connectivity index (χ2v) is 6.38. The molecule has 0 saturated carbocycles. The Balaban J connectivity index is 2.95. The first-order chi connectivity index (χ1) is 9.43. The molecule has 1 N–H and O–H groups in total. The van der Waals surface area contributed by atoms with Crippen LogP contribution in [-0.2, 0) is 21.3 Å². The Morgan fingerprint density at radius 1 is 1.40 bits per heavy atom. The maximum Gasteiger partial charge on any atom is 0.245 e. The van der Waals surface area contributed by atoms with E-state index in [1.807, 2.05) is 6.92 Å². The van der Waals surface area contributed by atoms with Gasteiger partial charge >= 0.3 is 0 Å². The molecule has 0 amide bonds. The number of sulfonamides is 1. The molecule has 0 spiro atoms. The van der Waals surface area contributed by atoms with Gasteiger partial charge in [0.15, 0.2) is 0 Å². The summed E-state index contributed by atoms with van der Waals surface area (Å²) in [5.41, 5.74) is 0.711. The summed E-state index contributed by atoms with van der Waals surface area (Å²) in [7, 11) is -0.935. The van der Waals surface area contributed by atoms with Crippen LogP contribution >= 0.6 is 0 Å². The fraction of sp³-hybridized carbons (Fsp3) is 0.538. The van der Waals surface area contributed by atoms with Crippen LogP contribution in [-0.4, -0.2) is 46.6 Å². The molecule has 0 saturated heterocycles. The maximum absolute atomic E-state index is 14.0. The number of halogens is 1. The lowest BCUT2D eigenvalue weighted by atomic mass is 10.2. The number of nitrogens with one attached hydrogen (secondary N) is 1. The lowest BCUT2D eigenvalue weighted by Gasteiger charge is -2.17. The zero-order valence-corrected chi connectivity index (χ0v) is 12.8. The zero-order valence-electron chi connectivity index (χ0n) is 12.0. The van der Waals surface area contributed by atoms with Gasteiger partial charge in [-0.3, -0.25) is 0 Å². The van der Waals surface area contributed by atoms with E-state index in [4.69, 9.17) is 4.74 Å². The first-order valence-corrected chi connectivity index (χ1v) is 7.82. The molecule has 0 aliphatic heterocycles. The minimum atomic E-state index is -3.82. The van der Waals surface area contributed by atoms with Crippen LogP contribution in [0.3, 0.4) is 0 Å². The van der Waals surface area contributed by atoms with E-state index in [0.29, 0.717) is 12.1 Å². The lowest BCUT2D eigenvalue weighted by molar-refractivity contribution is 0.185. The van der Waals surface area contributed by atoms with Crippen LogP contribution < -0.4 is 5.32 Å². The zero-order chi connectivity index (χ0) is 15.2. The van der Waals surface area contributed by atoms with Crippen molar-refractivity contribution in [3.05, 3.63) is 29.6 Å². The van der Waals surface area contributed by atoms with Crippen LogP contribution in [0.15, 0.2) is 23.1 Å². The smallest absolute Gasteiger partial charge is 0.245 e. The van der Waals surface area contributed by atoms with E-state index in [1.54, 1.807) is 6.07 Å². The van der Waals surface area contributed by atoms with Crippen molar-refractivity contribution < 1.29 is 17.5 Å². The standard InChI is InChI=1S/C13H21FN2O3S/c1-4-15-10-11-5-6-13(12(14)9-11)20(17,18)16(2)7-8-19-3/h5-6,9,15H,4,7-8,10H2,1-3H3. The second kappa shape index (κ2) is 7.68. The van der Waals surface area contributed by atoms with Crippen LogP contribution in [0.2, 0.25) is 0 Å². The Hall–Kier alpha value is -1.02. The van der Waals surface area contributed by atoms with Crippen molar-refractivity contribution in [2.75, 3.05) is 33.9 Å². The van der Waals surface area contributed by atoms with Crippen molar-refractivity contribution in [1.82, 2.24) is 9.62 Å². The van der Waals surface area contributed by atoms with Crippen molar-refractivity contribution in [3.63, 3.8) is 0 Å². The van der Waals surface area contributed by atoms with Gasteiger partial charge in [0, 0.05) is 27.2 Å². The molecule has 0 heterocycles. The molecular weight excluding hydrogens is 283 g/mol. The SMILES string of the molecule is CCNCc1ccc(S(=O)(=O)N(C)CCOC)c(F)c1. The molecule has 1 rings (SSSR count). The average molecular weight is 304 g/mol. The number of hydrogen-bond acceptors (Lipinski definition) is 4. The van der Waals surface area contributed by atoms with Crippen molar-refractivity contribution in [3.8, 4) is 0 Å². The Morgan fingerprint density at radius 3 is 2.65 bits per heavy atom. The van der Waals surface area contributed by atoms with Gasteiger partial charge in [0.25, 0.3) is 0 Å². The highest BCUT2D eigenvalue weighted by Gasteiger charge is 2.24. The van der Waals surface area contributed by atoms with E-state index >= 15 is 0 Å². The molecule has 1 aromatic carbocycles. The predicted octanol–water partition coefficient (Wildman–Crippen LogP) is 1.20. The Bertz CT molecular complexity index is 534. The number of nitrogens with zero attached hydrogens (tertiary/aromatic N) is 1. The summed E-state index contributed by atoms with van der Waals surface area (Å²) < 4.78 is 44.3. The third kappa shape index (κ3) is 4.24. The van der Waals surface area contributed by atoms with Gasteiger partial charge < -0.3 is 10.1 Å². The summed E-state index contributed by atoms with van der Waals surface area (Å²) in [6.45, 7) is 3.65. The molecule has 0 atom stereocenters.